The van der Waals surface area contributed by atoms with Crippen LogP contribution in [0.5, 0.6) is 0 Å². The van der Waals surface area contributed by atoms with E-state index in [9.17, 15) is 9.90 Å². The minimum absolute atomic E-state index is 0.398. The van der Waals surface area contributed by atoms with Crippen molar-refractivity contribution in [3.05, 3.63) is 53.5 Å². The molecule has 5 rings (SSSR count). The summed E-state index contributed by atoms with van der Waals surface area (Å²) in [6.07, 6.45) is 9.28. The van der Waals surface area contributed by atoms with Crippen molar-refractivity contribution in [3.8, 4) is 0 Å². The average molecular weight is 420 g/mol. The molecule has 0 saturated carbocycles. The molecule has 2 N–H and O–H groups in total. The number of carboxylic acid groups (broad SMARTS) is 1. The lowest BCUT2D eigenvalue weighted by Crippen LogP contribution is -2.50. The molecule has 2 fully saturated rings. The van der Waals surface area contributed by atoms with E-state index in [0.29, 0.717) is 17.6 Å². The van der Waals surface area contributed by atoms with Crippen molar-refractivity contribution < 1.29 is 9.90 Å². The fraction of sp³-hybridized carbons (Fsp3) is 0.458. The summed E-state index contributed by atoms with van der Waals surface area (Å²) in [5, 5.41) is 10.3. The number of carboxylic acids is 1. The summed E-state index contributed by atoms with van der Waals surface area (Å²) in [5.74, 6) is 0.212. The third kappa shape index (κ3) is 3.78. The van der Waals surface area contributed by atoms with Gasteiger partial charge in [-0.2, -0.15) is 0 Å². The highest BCUT2D eigenvalue weighted by Crippen LogP contribution is 2.36. The van der Waals surface area contributed by atoms with E-state index in [1.807, 2.05) is 25.3 Å². The molecule has 0 aliphatic carbocycles. The molecule has 2 aliphatic rings. The van der Waals surface area contributed by atoms with Gasteiger partial charge in [0.05, 0.1) is 10.9 Å². The fourth-order valence-corrected chi connectivity index (χ4v) is 5.52. The maximum Gasteiger partial charge on any atom is 0.335 e. The van der Waals surface area contributed by atoms with Crippen molar-refractivity contribution in [1.29, 1.82) is 0 Å². The van der Waals surface area contributed by atoms with Crippen molar-refractivity contribution in [3.63, 3.8) is 0 Å². The fourth-order valence-electron chi connectivity index (χ4n) is 5.52. The van der Waals surface area contributed by atoms with Crippen LogP contribution >= 0.6 is 0 Å². The van der Waals surface area contributed by atoms with Crippen molar-refractivity contribution >= 4 is 22.8 Å². The molecule has 7 nitrogen and oxygen atoms in total. The monoisotopic (exact) mass is 419 g/mol. The lowest BCUT2D eigenvalue weighted by molar-refractivity contribution is 0.0696. The first-order chi connectivity index (χ1) is 15.1. The van der Waals surface area contributed by atoms with Gasteiger partial charge in [-0.15, -0.1) is 0 Å². The first kappa shape index (κ1) is 20.0. The van der Waals surface area contributed by atoms with Gasteiger partial charge in [0, 0.05) is 24.8 Å². The van der Waals surface area contributed by atoms with E-state index in [2.05, 4.69) is 30.8 Å². The first-order valence-electron chi connectivity index (χ1n) is 11.2. The summed E-state index contributed by atoms with van der Waals surface area (Å²) in [5.41, 5.74) is 3.37. The number of likely N-dealkylation sites (tertiary alicyclic amines) is 1. The van der Waals surface area contributed by atoms with Gasteiger partial charge in [0.25, 0.3) is 0 Å². The Labute approximate surface area is 182 Å². The molecule has 2 aliphatic heterocycles. The maximum absolute atomic E-state index is 11.2. The van der Waals surface area contributed by atoms with Crippen molar-refractivity contribution in [2.75, 3.05) is 24.5 Å². The minimum Gasteiger partial charge on any atom is -0.478 e. The molecule has 2 saturated heterocycles. The van der Waals surface area contributed by atoms with Gasteiger partial charge in [-0.05, 0) is 75.4 Å². The summed E-state index contributed by atoms with van der Waals surface area (Å²) >= 11 is 0. The third-order valence-electron chi connectivity index (χ3n) is 6.96. The molecule has 162 valence electrons. The zero-order valence-electron chi connectivity index (χ0n) is 17.9. The van der Waals surface area contributed by atoms with Crippen LogP contribution in [-0.4, -0.2) is 62.6 Å². The van der Waals surface area contributed by atoms with E-state index in [0.717, 1.165) is 54.9 Å². The predicted molar refractivity (Wildman–Crippen MR) is 121 cm³/mol. The van der Waals surface area contributed by atoms with Crippen LogP contribution in [0.2, 0.25) is 0 Å². The van der Waals surface area contributed by atoms with Gasteiger partial charge < -0.3 is 15.0 Å². The van der Waals surface area contributed by atoms with E-state index >= 15 is 0 Å². The Balaban J connectivity index is 1.24. The number of aromatic nitrogens is 3. The lowest BCUT2D eigenvalue weighted by Gasteiger charge is -2.40. The standard InChI is InChI=1S/C24H29N5O2/c1-16-14-17(6-7-18(16)24(30)31)4-2-11-28-12-3-5-21-20(28)9-13-29(21)23-19-8-10-25-22(19)26-15-27-23/h6-8,10,14-15,20-21H,2-5,9,11-13H2,1H3,(H,30,31)(H,25,26,27)/t20-,21-/m1/s1. The molecule has 3 aromatic rings. The van der Waals surface area contributed by atoms with Crippen molar-refractivity contribution in [2.24, 2.45) is 0 Å². The number of nitrogens with zero attached hydrogens (tertiary/aromatic N) is 4. The average Bonchev–Trinajstić information content (AvgIpc) is 3.41. The number of anilines is 1. The Morgan fingerprint density at radius 2 is 2.10 bits per heavy atom. The topological polar surface area (TPSA) is 85.4 Å². The Morgan fingerprint density at radius 3 is 2.94 bits per heavy atom. The second kappa shape index (κ2) is 8.30. The van der Waals surface area contributed by atoms with Crippen LogP contribution < -0.4 is 4.90 Å². The Hall–Kier alpha value is -2.93. The normalized spacial score (nSPS) is 21.5. The van der Waals surface area contributed by atoms with Crippen LogP contribution in [0.15, 0.2) is 36.8 Å². The third-order valence-corrected chi connectivity index (χ3v) is 6.96. The number of benzene rings is 1. The number of carbonyl (C=O) groups is 1. The molecule has 1 aromatic carbocycles. The van der Waals surface area contributed by atoms with Crippen molar-refractivity contribution in [2.45, 2.75) is 51.1 Å². The van der Waals surface area contributed by atoms with Crippen LogP contribution in [0.25, 0.3) is 11.0 Å². The minimum atomic E-state index is -0.852. The zero-order valence-corrected chi connectivity index (χ0v) is 17.9. The van der Waals surface area contributed by atoms with Gasteiger partial charge in [0.1, 0.15) is 17.8 Å². The summed E-state index contributed by atoms with van der Waals surface area (Å²) in [7, 11) is 0. The van der Waals surface area contributed by atoms with E-state index < -0.39 is 5.97 Å². The number of piperidine rings is 1. The molecule has 2 aromatic heterocycles. The van der Waals surface area contributed by atoms with Gasteiger partial charge in [-0.3, -0.25) is 4.90 Å². The van der Waals surface area contributed by atoms with Crippen LogP contribution in [0, 0.1) is 6.92 Å². The van der Waals surface area contributed by atoms with E-state index in [1.54, 1.807) is 12.4 Å². The second-order valence-corrected chi connectivity index (χ2v) is 8.79. The lowest BCUT2D eigenvalue weighted by atomic mass is 9.96. The molecule has 31 heavy (non-hydrogen) atoms. The van der Waals surface area contributed by atoms with Crippen molar-refractivity contribution in [1.82, 2.24) is 19.9 Å². The number of nitrogens with one attached hydrogen (secondary N) is 1. The van der Waals surface area contributed by atoms with Gasteiger partial charge in [-0.1, -0.05) is 12.1 Å². The Bertz CT molecular complexity index is 1090. The van der Waals surface area contributed by atoms with E-state index in [1.165, 1.54) is 24.8 Å². The first-order valence-corrected chi connectivity index (χ1v) is 11.2. The highest BCUT2D eigenvalue weighted by molar-refractivity contribution is 5.89. The number of rotatable bonds is 6. The highest BCUT2D eigenvalue weighted by Gasteiger charge is 2.40. The number of hydrogen-bond acceptors (Lipinski definition) is 5. The van der Waals surface area contributed by atoms with Gasteiger partial charge in [0.2, 0.25) is 0 Å². The molecule has 0 unspecified atom stereocenters. The zero-order chi connectivity index (χ0) is 21.4. The van der Waals surface area contributed by atoms with Gasteiger partial charge in [0.15, 0.2) is 0 Å². The Morgan fingerprint density at radius 1 is 1.19 bits per heavy atom. The van der Waals surface area contributed by atoms with Gasteiger partial charge >= 0.3 is 5.97 Å². The molecule has 7 heteroatoms. The maximum atomic E-state index is 11.2. The van der Waals surface area contributed by atoms with Crippen LogP contribution in [0.3, 0.4) is 0 Å². The van der Waals surface area contributed by atoms with E-state index in [-0.39, 0.29) is 0 Å². The summed E-state index contributed by atoms with van der Waals surface area (Å²) in [4.78, 5) is 28.6. The van der Waals surface area contributed by atoms with Gasteiger partial charge in [-0.25, -0.2) is 14.8 Å². The molecule has 0 spiro atoms. The molecule has 0 amide bonds. The number of H-pyrrole nitrogens is 1. The highest BCUT2D eigenvalue weighted by atomic mass is 16.4. The summed E-state index contributed by atoms with van der Waals surface area (Å²) in [6, 6.07) is 8.90. The molecular weight excluding hydrogens is 390 g/mol. The van der Waals surface area contributed by atoms with Crippen LogP contribution in [0.1, 0.15) is 47.2 Å². The molecule has 4 heterocycles. The summed E-state index contributed by atoms with van der Waals surface area (Å²) < 4.78 is 0. The quantitative estimate of drug-likeness (QED) is 0.635. The smallest absolute Gasteiger partial charge is 0.335 e. The number of fused-ring (bicyclic) bond motifs is 2. The van der Waals surface area contributed by atoms with Crippen LogP contribution in [-0.2, 0) is 6.42 Å². The number of hydrogen-bond donors (Lipinski definition) is 2. The number of aromatic carboxylic acids is 1. The Kier molecular flexibility index (Phi) is 5.36. The number of aryl methyl sites for hydroxylation is 2. The molecular formula is C24H29N5O2. The van der Waals surface area contributed by atoms with E-state index in [4.69, 9.17) is 0 Å². The summed E-state index contributed by atoms with van der Waals surface area (Å²) in [6.45, 7) is 5.16. The molecule has 2 atom stereocenters. The molecule has 0 bridgehead atoms. The molecule has 0 radical (unpaired) electrons. The number of aromatic amines is 1. The second-order valence-electron chi connectivity index (χ2n) is 8.79. The largest absolute Gasteiger partial charge is 0.478 e. The predicted octanol–water partition coefficient (Wildman–Crippen LogP) is 3.64. The SMILES string of the molecule is Cc1cc(CCCN2CCC[C@@H]3[C@H]2CCN3c2ncnc3[nH]ccc23)ccc1C(=O)O. The van der Waals surface area contributed by atoms with Crippen LogP contribution in [0.4, 0.5) is 5.82 Å².